The Morgan fingerprint density at radius 1 is 1.33 bits per heavy atom. The summed E-state index contributed by atoms with van der Waals surface area (Å²) < 4.78 is 18.2. The number of nitrogens with zero attached hydrogens (tertiary/aromatic N) is 3. The standard InChI is InChI=1S/C10H6ClFN4O2/c11-9-8(18-10(13)17)7(15-4-16-9)6-5(12)2-1-3-14-6/h1-4H,(H2,13,17). The third-order valence-corrected chi connectivity index (χ3v) is 2.22. The van der Waals surface area contributed by atoms with E-state index in [0.717, 1.165) is 6.33 Å². The van der Waals surface area contributed by atoms with Crippen molar-refractivity contribution in [1.82, 2.24) is 15.0 Å². The summed E-state index contributed by atoms with van der Waals surface area (Å²) in [5.41, 5.74) is 4.73. The van der Waals surface area contributed by atoms with Crippen LogP contribution in [0.15, 0.2) is 24.7 Å². The van der Waals surface area contributed by atoms with Gasteiger partial charge in [-0.25, -0.2) is 19.2 Å². The van der Waals surface area contributed by atoms with E-state index in [-0.39, 0.29) is 22.3 Å². The predicted molar refractivity (Wildman–Crippen MR) is 60.4 cm³/mol. The number of halogens is 2. The summed E-state index contributed by atoms with van der Waals surface area (Å²) >= 11 is 5.74. The molecule has 2 rings (SSSR count). The summed E-state index contributed by atoms with van der Waals surface area (Å²) in [6, 6.07) is 2.60. The van der Waals surface area contributed by atoms with Gasteiger partial charge < -0.3 is 10.5 Å². The monoisotopic (exact) mass is 268 g/mol. The Hall–Kier alpha value is -2.28. The summed E-state index contributed by atoms with van der Waals surface area (Å²) in [5, 5.41) is -0.163. The fourth-order valence-electron chi connectivity index (χ4n) is 1.27. The third-order valence-electron chi connectivity index (χ3n) is 1.95. The van der Waals surface area contributed by atoms with E-state index in [0.29, 0.717) is 0 Å². The molecule has 0 aromatic carbocycles. The first-order chi connectivity index (χ1) is 8.59. The van der Waals surface area contributed by atoms with Crippen molar-refractivity contribution in [2.45, 2.75) is 0 Å². The van der Waals surface area contributed by atoms with Crippen LogP contribution in [0.2, 0.25) is 5.15 Å². The van der Waals surface area contributed by atoms with Crippen LogP contribution in [0.25, 0.3) is 11.4 Å². The zero-order valence-corrected chi connectivity index (χ0v) is 9.56. The van der Waals surface area contributed by atoms with Crippen LogP contribution in [0.4, 0.5) is 9.18 Å². The second-order valence-corrected chi connectivity index (χ2v) is 3.46. The first kappa shape index (κ1) is 12.2. The van der Waals surface area contributed by atoms with Crippen molar-refractivity contribution in [3.05, 3.63) is 35.6 Å². The summed E-state index contributed by atoms with van der Waals surface area (Å²) in [5.74, 6) is -0.870. The number of primary amides is 1. The van der Waals surface area contributed by atoms with E-state index in [1.807, 2.05) is 0 Å². The van der Waals surface area contributed by atoms with Gasteiger partial charge in [0, 0.05) is 6.20 Å². The average Bonchev–Trinajstić information content (AvgIpc) is 2.32. The van der Waals surface area contributed by atoms with Crippen molar-refractivity contribution >= 4 is 17.7 Å². The van der Waals surface area contributed by atoms with Crippen molar-refractivity contribution in [3.8, 4) is 17.1 Å². The van der Waals surface area contributed by atoms with Crippen molar-refractivity contribution in [2.24, 2.45) is 5.73 Å². The number of hydrogen-bond acceptors (Lipinski definition) is 5. The van der Waals surface area contributed by atoms with Crippen LogP contribution < -0.4 is 10.5 Å². The molecular formula is C10H6ClFN4O2. The Balaban J connectivity index is 2.61. The number of aromatic nitrogens is 3. The molecule has 0 radical (unpaired) electrons. The number of hydrogen-bond donors (Lipinski definition) is 1. The van der Waals surface area contributed by atoms with Crippen LogP contribution in [0, 0.1) is 5.82 Å². The smallest absolute Gasteiger partial charge is 0.405 e. The molecule has 2 aromatic rings. The molecule has 0 spiro atoms. The van der Waals surface area contributed by atoms with Gasteiger partial charge in [0.05, 0.1) is 0 Å². The topological polar surface area (TPSA) is 91.0 Å². The second-order valence-electron chi connectivity index (χ2n) is 3.10. The number of nitrogens with two attached hydrogens (primary N) is 1. The first-order valence-electron chi connectivity index (χ1n) is 4.68. The van der Waals surface area contributed by atoms with Gasteiger partial charge in [0.2, 0.25) is 0 Å². The van der Waals surface area contributed by atoms with Crippen molar-refractivity contribution in [1.29, 1.82) is 0 Å². The highest BCUT2D eigenvalue weighted by Gasteiger charge is 2.19. The Labute approximate surface area is 106 Å². The van der Waals surface area contributed by atoms with E-state index in [1.54, 1.807) is 0 Å². The maximum Gasteiger partial charge on any atom is 0.410 e. The van der Waals surface area contributed by atoms with E-state index in [1.165, 1.54) is 18.3 Å². The Morgan fingerprint density at radius 3 is 2.78 bits per heavy atom. The molecule has 2 heterocycles. The maximum absolute atomic E-state index is 13.6. The molecule has 0 aliphatic heterocycles. The van der Waals surface area contributed by atoms with Gasteiger partial charge in [-0.05, 0) is 12.1 Å². The summed E-state index contributed by atoms with van der Waals surface area (Å²) in [6.45, 7) is 0. The molecule has 0 aliphatic rings. The zero-order valence-electron chi connectivity index (χ0n) is 8.80. The van der Waals surface area contributed by atoms with Gasteiger partial charge in [-0.2, -0.15) is 0 Å². The number of carbonyl (C=O) groups excluding carboxylic acids is 1. The van der Waals surface area contributed by atoms with Gasteiger partial charge in [0.25, 0.3) is 0 Å². The first-order valence-corrected chi connectivity index (χ1v) is 5.06. The molecule has 18 heavy (non-hydrogen) atoms. The molecule has 8 heteroatoms. The number of rotatable bonds is 2. The molecular weight excluding hydrogens is 263 g/mol. The molecule has 6 nitrogen and oxygen atoms in total. The molecule has 0 saturated carbocycles. The molecule has 92 valence electrons. The normalized spacial score (nSPS) is 10.1. The van der Waals surface area contributed by atoms with Gasteiger partial charge in [0.15, 0.2) is 16.7 Å². The maximum atomic E-state index is 13.6. The quantitative estimate of drug-likeness (QED) is 0.839. The molecule has 0 atom stereocenters. The molecule has 0 aliphatic carbocycles. The van der Waals surface area contributed by atoms with E-state index in [9.17, 15) is 9.18 Å². The second kappa shape index (κ2) is 4.92. The van der Waals surface area contributed by atoms with Gasteiger partial charge in [0.1, 0.15) is 17.7 Å². The van der Waals surface area contributed by atoms with Crippen molar-refractivity contribution < 1.29 is 13.9 Å². The SMILES string of the molecule is NC(=O)Oc1c(Cl)ncnc1-c1ncccc1F. The zero-order chi connectivity index (χ0) is 13.1. The van der Waals surface area contributed by atoms with Crippen molar-refractivity contribution in [2.75, 3.05) is 0 Å². The molecule has 2 aromatic heterocycles. The molecule has 0 fully saturated rings. The number of pyridine rings is 1. The van der Waals surface area contributed by atoms with Crippen LogP contribution in [-0.4, -0.2) is 21.0 Å². The van der Waals surface area contributed by atoms with Gasteiger partial charge in [-0.15, -0.1) is 0 Å². The predicted octanol–water partition coefficient (Wildman–Crippen LogP) is 1.79. The average molecular weight is 269 g/mol. The van der Waals surface area contributed by atoms with E-state index >= 15 is 0 Å². The Morgan fingerprint density at radius 2 is 2.11 bits per heavy atom. The summed E-state index contributed by atoms with van der Waals surface area (Å²) in [6.07, 6.45) is 1.35. The minimum Gasteiger partial charge on any atom is -0.405 e. The van der Waals surface area contributed by atoms with Gasteiger partial charge in [-0.1, -0.05) is 11.6 Å². The van der Waals surface area contributed by atoms with Gasteiger partial charge in [-0.3, -0.25) is 4.98 Å². The minimum atomic E-state index is -1.11. The summed E-state index contributed by atoms with van der Waals surface area (Å²) in [7, 11) is 0. The number of amides is 1. The lowest BCUT2D eigenvalue weighted by atomic mass is 10.2. The highest BCUT2D eigenvalue weighted by molar-refractivity contribution is 6.31. The largest absolute Gasteiger partial charge is 0.410 e. The molecule has 0 saturated heterocycles. The number of ether oxygens (including phenoxy) is 1. The van der Waals surface area contributed by atoms with Crippen LogP contribution >= 0.6 is 11.6 Å². The van der Waals surface area contributed by atoms with E-state index in [4.69, 9.17) is 17.3 Å². The Kier molecular flexibility index (Phi) is 3.33. The lowest BCUT2D eigenvalue weighted by Gasteiger charge is -2.08. The molecule has 0 bridgehead atoms. The van der Waals surface area contributed by atoms with Crippen LogP contribution in [-0.2, 0) is 0 Å². The van der Waals surface area contributed by atoms with Crippen LogP contribution in [0.3, 0.4) is 0 Å². The lowest BCUT2D eigenvalue weighted by molar-refractivity contribution is 0.210. The highest BCUT2D eigenvalue weighted by Crippen LogP contribution is 2.32. The highest BCUT2D eigenvalue weighted by atomic mass is 35.5. The van der Waals surface area contributed by atoms with E-state index in [2.05, 4.69) is 19.7 Å². The van der Waals surface area contributed by atoms with Crippen LogP contribution in [0.1, 0.15) is 0 Å². The number of carbonyl (C=O) groups is 1. The fraction of sp³-hybridized carbons (Fsp3) is 0. The third kappa shape index (κ3) is 2.35. The fourth-order valence-corrected chi connectivity index (χ4v) is 1.44. The van der Waals surface area contributed by atoms with Crippen LogP contribution in [0.5, 0.6) is 5.75 Å². The van der Waals surface area contributed by atoms with E-state index < -0.39 is 11.9 Å². The Bertz CT molecular complexity index is 608. The molecule has 1 amide bonds. The lowest BCUT2D eigenvalue weighted by Crippen LogP contribution is -2.17. The minimum absolute atomic E-state index is 0.0492. The van der Waals surface area contributed by atoms with Gasteiger partial charge >= 0.3 is 6.09 Å². The van der Waals surface area contributed by atoms with Crippen molar-refractivity contribution in [3.63, 3.8) is 0 Å². The summed E-state index contributed by atoms with van der Waals surface area (Å²) in [4.78, 5) is 22.0. The molecule has 0 unspecified atom stereocenters. The molecule has 2 N–H and O–H groups in total.